The predicted octanol–water partition coefficient (Wildman–Crippen LogP) is 2.15. The van der Waals surface area contributed by atoms with Crippen LogP contribution in [0.15, 0.2) is 34.2 Å². The van der Waals surface area contributed by atoms with Gasteiger partial charge in [0.1, 0.15) is 0 Å². The van der Waals surface area contributed by atoms with Gasteiger partial charge in [0.05, 0.1) is 29.3 Å². The second-order valence-corrected chi connectivity index (χ2v) is 8.35. The van der Waals surface area contributed by atoms with Crippen molar-refractivity contribution >= 4 is 34.6 Å². The van der Waals surface area contributed by atoms with Gasteiger partial charge in [-0.05, 0) is 30.9 Å². The molecular weight excluding hydrogens is 392 g/mol. The van der Waals surface area contributed by atoms with Crippen molar-refractivity contribution in [2.24, 2.45) is 5.92 Å². The molecule has 1 aromatic heterocycles. The fourth-order valence-corrected chi connectivity index (χ4v) is 3.85. The Morgan fingerprint density at radius 3 is 2.86 bits per heavy atom. The third kappa shape index (κ3) is 5.80. The number of fused-ring (bicyclic) bond motifs is 1. The standard InChI is InChI=1S/C20H26N4O4S/c1-13(2)10-21-19(27)23-17(25)12-29-20-22-16-8-4-3-7-15(16)18(26)24(20)11-14-6-5-9-28-14/h3-4,7-8,13-14H,5-6,9-12H2,1-2H3,(H2,21,23,25,27)/t14-/m0/s1. The molecule has 1 atom stereocenters. The predicted molar refractivity (Wildman–Crippen MR) is 112 cm³/mol. The molecule has 0 aliphatic carbocycles. The van der Waals surface area contributed by atoms with Crippen molar-refractivity contribution in [3.63, 3.8) is 0 Å². The van der Waals surface area contributed by atoms with E-state index in [0.717, 1.165) is 24.6 Å². The number of amides is 3. The lowest BCUT2D eigenvalue weighted by atomic mass is 10.2. The number of nitrogens with zero attached hydrogens (tertiary/aromatic N) is 2. The summed E-state index contributed by atoms with van der Waals surface area (Å²) in [5.74, 6) is -0.174. The minimum atomic E-state index is -0.521. The van der Waals surface area contributed by atoms with Gasteiger partial charge in [-0.2, -0.15) is 0 Å². The number of thioether (sulfide) groups is 1. The number of aromatic nitrogens is 2. The van der Waals surface area contributed by atoms with Crippen LogP contribution in [0.1, 0.15) is 26.7 Å². The summed E-state index contributed by atoms with van der Waals surface area (Å²) >= 11 is 1.14. The quantitative estimate of drug-likeness (QED) is 0.528. The smallest absolute Gasteiger partial charge is 0.321 e. The molecule has 156 valence electrons. The maximum Gasteiger partial charge on any atom is 0.321 e. The molecule has 1 saturated heterocycles. The van der Waals surface area contributed by atoms with Crippen LogP contribution in [-0.2, 0) is 16.1 Å². The van der Waals surface area contributed by atoms with Gasteiger partial charge in [0, 0.05) is 13.2 Å². The first kappa shape index (κ1) is 21.3. The minimum absolute atomic E-state index is 0.0224. The number of hydrogen-bond donors (Lipinski definition) is 2. The fraction of sp³-hybridized carbons (Fsp3) is 0.500. The van der Waals surface area contributed by atoms with E-state index in [2.05, 4.69) is 15.6 Å². The Morgan fingerprint density at radius 2 is 2.14 bits per heavy atom. The van der Waals surface area contributed by atoms with E-state index < -0.39 is 11.9 Å². The number of ether oxygens (including phenoxy) is 1. The summed E-state index contributed by atoms with van der Waals surface area (Å²) in [6.45, 7) is 5.51. The molecule has 2 aromatic rings. The summed E-state index contributed by atoms with van der Waals surface area (Å²) in [4.78, 5) is 41.5. The Bertz CT molecular complexity index is 938. The number of urea groups is 1. The average Bonchev–Trinajstić information content (AvgIpc) is 3.20. The number of para-hydroxylation sites is 1. The van der Waals surface area contributed by atoms with Crippen LogP contribution in [0.3, 0.4) is 0 Å². The van der Waals surface area contributed by atoms with E-state index in [1.165, 1.54) is 0 Å². The van der Waals surface area contributed by atoms with E-state index in [9.17, 15) is 14.4 Å². The summed E-state index contributed by atoms with van der Waals surface area (Å²) in [6, 6.07) is 6.62. The van der Waals surface area contributed by atoms with Crippen LogP contribution in [0.4, 0.5) is 4.79 Å². The second-order valence-electron chi connectivity index (χ2n) is 7.40. The molecule has 3 amide bonds. The first-order valence-corrected chi connectivity index (χ1v) is 10.7. The van der Waals surface area contributed by atoms with Crippen LogP contribution in [0.25, 0.3) is 10.9 Å². The maximum absolute atomic E-state index is 13.0. The molecule has 29 heavy (non-hydrogen) atoms. The minimum Gasteiger partial charge on any atom is -0.376 e. The first-order chi connectivity index (χ1) is 13.9. The van der Waals surface area contributed by atoms with Gasteiger partial charge in [-0.1, -0.05) is 37.7 Å². The Hall–Kier alpha value is -2.39. The molecule has 0 saturated carbocycles. The van der Waals surface area contributed by atoms with Gasteiger partial charge in [0.2, 0.25) is 5.91 Å². The van der Waals surface area contributed by atoms with Crippen LogP contribution >= 0.6 is 11.8 Å². The Kier molecular flexibility index (Phi) is 7.27. The fourth-order valence-electron chi connectivity index (χ4n) is 3.04. The van der Waals surface area contributed by atoms with Crippen molar-refractivity contribution in [1.82, 2.24) is 20.2 Å². The van der Waals surface area contributed by atoms with Gasteiger partial charge >= 0.3 is 6.03 Å². The van der Waals surface area contributed by atoms with Gasteiger partial charge in [-0.25, -0.2) is 9.78 Å². The summed E-state index contributed by atoms with van der Waals surface area (Å²) in [7, 11) is 0. The van der Waals surface area contributed by atoms with Crippen LogP contribution in [-0.4, -0.2) is 46.5 Å². The molecule has 1 aliphatic heterocycles. The monoisotopic (exact) mass is 418 g/mol. The lowest BCUT2D eigenvalue weighted by Crippen LogP contribution is -2.41. The third-order valence-electron chi connectivity index (χ3n) is 4.49. The lowest BCUT2D eigenvalue weighted by molar-refractivity contribution is -0.117. The van der Waals surface area contributed by atoms with Crippen LogP contribution in [0.2, 0.25) is 0 Å². The Balaban J connectivity index is 1.74. The Morgan fingerprint density at radius 1 is 1.34 bits per heavy atom. The molecule has 2 heterocycles. The van der Waals surface area contributed by atoms with E-state index in [-0.39, 0.29) is 17.4 Å². The van der Waals surface area contributed by atoms with E-state index in [1.807, 2.05) is 19.9 Å². The number of carbonyl (C=O) groups excluding carboxylic acids is 2. The SMILES string of the molecule is CC(C)CNC(=O)NC(=O)CSc1nc2ccccc2c(=O)n1C[C@@H]1CCCO1. The summed E-state index contributed by atoms with van der Waals surface area (Å²) in [6.07, 6.45) is 1.82. The average molecular weight is 419 g/mol. The summed E-state index contributed by atoms with van der Waals surface area (Å²) in [5, 5.41) is 5.92. The number of imide groups is 1. The third-order valence-corrected chi connectivity index (χ3v) is 5.47. The number of carbonyl (C=O) groups is 2. The highest BCUT2D eigenvalue weighted by atomic mass is 32.2. The molecular formula is C20H26N4O4S. The molecule has 1 fully saturated rings. The molecule has 0 unspecified atom stereocenters. The maximum atomic E-state index is 13.0. The van der Waals surface area contributed by atoms with Gasteiger partial charge in [-0.15, -0.1) is 0 Å². The largest absolute Gasteiger partial charge is 0.376 e. The van der Waals surface area contributed by atoms with E-state index in [4.69, 9.17) is 4.74 Å². The molecule has 0 bridgehead atoms. The van der Waals surface area contributed by atoms with Crippen molar-refractivity contribution in [3.8, 4) is 0 Å². The number of hydrogen-bond acceptors (Lipinski definition) is 6. The van der Waals surface area contributed by atoms with E-state index in [1.54, 1.807) is 22.8 Å². The van der Waals surface area contributed by atoms with Crippen molar-refractivity contribution in [3.05, 3.63) is 34.6 Å². The van der Waals surface area contributed by atoms with Crippen LogP contribution in [0.5, 0.6) is 0 Å². The molecule has 3 rings (SSSR count). The normalized spacial score (nSPS) is 16.3. The highest BCUT2D eigenvalue weighted by Gasteiger charge is 2.21. The molecule has 9 heteroatoms. The molecule has 1 aliphatic rings. The molecule has 1 aromatic carbocycles. The van der Waals surface area contributed by atoms with E-state index >= 15 is 0 Å². The topological polar surface area (TPSA) is 102 Å². The van der Waals surface area contributed by atoms with Gasteiger partial charge in [0.15, 0.2) is 5.16 Å². The Labute approximate surface area is 173 Å². The molecule has 8 nitrogen and oxygen atoms in total. The summed E-state index contributed by atoms with van der Waals surface area (Å²) in [5.41, 5.74) is 0.433. The zero-order valence-electron chi connectivity index (χ0n) is 16.6. The number of benzene rings is 1. The van der Waals surface area contributed by atoms with Gasteiger partial charge < -0.3 is 10.1 Å². The van der Waals surface area contributed by atoms with E-state index in [0.29, 0.717) is 41.7 Å². The second kappa shape index (κ2) is 9.89. The van der Waals surface area contributed by atoms with Crippen molar-refractivity contribution < 1.29 is 14.3 Å². The number of nitrogens with one attached hydrogen (secondary N) is 2. The van der Waals surface area contributed by atoms with Crippen molar-refractivity contribution in [2.45, 2.75) is 44.5 Å². The molecule has 0 spiro atoms. The zero-order valence-corrected chi connectivity index (χ0v) is 17.5. The number of rotatable bonds is 7. The van der Waals surface area contributed by atoms with Gasteiger partial charge in [0.25, 0.3) is 5.56 Å². The van der Waals surface area contributed by atoms with Crippen LogP contribution < -0.4 is 16.2 Å². The highest BCUT2D eigenvalue weighted by Crippen LogP contribution is 2.20. The lowest BCUT2D eigenvalue weighted by Gasteiger charge is -2.16. The molecule has 0 radical (unpaired) electrons. The molecule has 2 N–H and O–H groups in total. The highest BCUT2D eigenvalue weighted by molar-refractivity contribution is 7.99. The van der Waals surface area contributed by atoms with Crippen molar-refractivity contribution in [2.75, 3.05) is 18.9 Å². The van der Waals surface area contributed by atoms with Crippen molar-refractivity contribution in [1.29, 1.82) is 0 Å². The summed E-state index contributed by atoms with van der Waals surface area (Å²) < 4.78 is 7.25. The zero-order chi connectivity index (χ0) is 20.8. The van der Waals surface area contributed by atoms with Crippen LogP contribution in [0, 0.1) is 5.92 Å². The van der Waals surface area contributed by atoms with Gasteiger partial charge in [-0.3, -0.25) is 19.5 Å². The first-order valence-electron chi connectivity index (χ1n) is 9.75.